The molecule has 4 nitrogen and oxygen atoms in total. The van der Waals surface area contributed by atoms with Crippen LogP contribution in [0.25, 0.3) is 95.0 Å². The van der Waals surface area contributed by atoms with Crippen LogP contribution in [0.2, 0.25) is 0 Å². The van der Waals surface area contributed by atoms with Crippen LogP contribution in [0.15, 0.2) is 206 Å². The van der Waals surface area contributed by atoms with Gasteiger partial charge in [-0.15, -0.1) is 23.8 Å². The summed E-state index contributed by atoms with van der Waals surface area (Å²) >= 11 is 0. The Hall–Kier alpha value is -7.13. The molecule has 5 heteroatoms. The molecule has 0 aliphatic heterocycles. The van der Waals surface area contributed by atoms with E-state index >= 15 is 0 Å². The molecule has 10 aromatic rings. The molecule has 308 valence electrons. The molecule has 0 saturated heterocycles. The van der Waals surface area contributed by atoms with Crippen molar-refractivity contribution in [3.05, 3.63) is 218 Å². The van der Waals surface area contributed by atoms with E-state index in [1.807, 2.05) is 77.4 Å². The molecule has 2 heterocycles. The van der Waals surface area contributed by atoms with Crippen LogP contribution < -0.4 is 0 Å². The van der Waals surface area contributed by atoms with Gasteiger partial charge >= 0.3 is 0 Å². The molecule has 0 spiro atoms. The van der Waals surface area contributed by atoms with Gasteiger partial charge in [0.25, 0.3) is 0 Å². The molecule has 63 heavy (non-hydrogen) atoms. The molecule has 1 N–H and O–H groups in total. The van der Waals surface area contributed by atoms with Gasteiger partial charge in [-0.3, -0.25) is 9.55 Å². The number of phenolic OH excluding ortho intramolecular Hbond substituents is 1. The van der Waals surface area contributed by atoms with Crippen LogP contribution >= 0.6 is 0 Å². The molecule has 8 aromatic carbocycles. The van der Waals surface area contributed by atoms with Gasteiger partial charge in [-0.05, 0) is 80.8 Å². The summed E-state index contributed by atoms with van der Waals surface area (Å²) in [5.41, 5.74) is 8.16. The van der Waals surface area contributed by atoms with Gasteiger partial charge in [-0.1, -0.05) is 189 Å². The summed E-state index contributed by atoms with van der Waals surface area (Å²) in [6.45, 7) is -10.4. The number of fused-ring (bicyclic) bond motifs is 1. The first-order valence-corrected chi connectivity index (χ1v) is 20.3. The van der Waals surface area contributed by atoms with Crippen molar-refractivity contribution in [2.45, 2.75) is 26.0 Å². The molecule has 10 rings (SSSR count). The molecule has 0 unspecified atom stereocenters. The Kier molecular flexibility index (Phi) is 8.71. The van der Waals surface area contributed by atoms with Gasteiger partial charge in [-0.25, -0.2) is 4.98 Å². The second-order valence-electron chi connectivity index (χ2n) is 15.2. The van der Waals surface area contributed by atoms with Crippen LogP contribution in [0.3, 0.4) is 0 Å². The topological polar surface area (TPSA) is 50.9 Å². The van der Waals surface area contributed by atoms with E-state index in [2.05, 4.69) is 60.7 Å². The number of benzene rings is 8. The van der Waals surface area contributed by atoms with Crippen LogP contribution in [-0.4, -0.2) is 19.6 Å². The van der Waals surface area contributed by atoms with Crippen molar-refractivity contribution in [2.24, 2.45) is 0 Å². The second kappa shape index (κ2) is 17.3. The van der Waals surface area contributed by atoms with E-state index in [-0.39, 0.29) is 26.8 Å². The summed E-state index contributed by atoms with van der Waals surface area (Å²) in [6.07, 6.45) is 1.80. The first-order chi connectivity index (χ1) is 34.0. The van der Waals surface area contributed by atoms with E-state index in [9.17, 15) is 5.11 Å². The summed E-state index contributed by atoms with van der Waals surface area (Å²) in [5, 5.41) is 11.5. The van der Waals surface area contributed by atoms with E-state index in [1.54, 1.807) is 66.9 Å². The normalized spacial score (nSPS) is 14.1. The number of hydrogen-bond acceptors (Lipinski definition) is 3. The van der Waals surface area contributed by atoms with Crippen molar-refractivity contribution in [1.82, 2.24) is 14.5 Å². The summed E-state index contributed by atoms with van der Waals surface area (Å²) in [6, 6.07) is 66.2. The Bertz CT molecular complexity index is 3520. The number of rotatable bonds is 8. The predicted octanol–water partition coefficient (Wildman–Crippen LogP) is 14.9. The van der Waals surface area contributed by atoms with Crippen molar-refractivity contribution in [2.75, 3.05) is 0 Å². The third kappa shape index (κ3) is 8.19. The molecule has 0 aliphatic carbocycles. The number of pyridine rings is 1. The third-order valence-electron chi connectivity index (χ3n) is 11.2. The number of imidazole rings is 1. The van der Waals surface area contributed by atoms with E-state index in [0.717, 1.165) is 38.9 Å². The van der Waals surface area contributed by atoms with Crippen molar-refractivity contribution >= 4 is 11.0 Å². The van der Waals surface area contributed by atoms with Gasteiger partial charge in [0, 0.05) is 50.9 Å². The molecule has 0 amide bonds. The zero-order valence-corrected chi connectivity index (χ0v) is 36.0. The summed E-state index contributed by atoms with van der Waals surface area (Å²) in [4.78, 5) is 10.2. The minimum atomic E-state index is -3.48. The maximum absolute atomic E-state index is 11.5. The zero-order chi connectivity index (χ0) is 49.7. The number of hydrogen-bond donors (Lipinski definition) is 1. The Morgan fingerprint density at radius 1 is 0.508 bits per heavy atom. The maximum Gasteiger partial charge on any atom is 0.148 e. The van der Waals surface area contributed by atoms with Gasteiger partial charge in [0.2, 0.25) is 0 Å². The molecular weight excluding hydrogens is 950 g/mol. The number of para-hydroxylation sites is 2. The smallest absolute Gasteiger partial charge is 0.148 e. The van der Waals surface area contributed by atoms with Crippen LogP contribution in [-0.2, 0) is 26.5 Å². The Labute approximate surface area is 396 Å². The molecule has 0 bridgehead atoms. The van der Waals surface area contributed by atoms with Crippen LogP contribution in [0.4, 0.5) is 0 Å². The van der Waals surface area contributed by atoms with Crippen molar-refractivity contribution in [3.8, 4) is 89.7 Å². The molecule has 0 radical (unpaired) electrons. The second-order valence-corrected chi connectivity index (χ2v) is 15.2. The average Bonchev–Trinajstić information content (AvgIpc) is 3.75. The molecule has 0 aliphatic rings. The van der Waals surface area contributed by atoms with Crippen molar-refractivity contribution in [1.29, 1.82) is 0 Å². The van der Waals surface area contributed by atoms with Gasteiger partial charge in [0.05, 0.1) is 22.3 Å². The van der Waals surface area contributed by atoms with E-state index in [1.165, 1.54) is 12.1 Å². The van der Waals surface area contributed by atoms with E-state index < -0.39 is 31.5 Å². The van der Waals surface area contributed by atoms with Crippen molar-refractivity contribution < 1.29 is 38.5 Å². The monoisotopic (exact) mass is 1000 g/mol. The van der Waals surface area contributed by atoms with Gasteiger partial charge in [0.1, 0.15) is 11.6 Å². The van der Waals surface area contributed by atoms with Gasteiger partial charge < -0.3 is 5.11 Å². The average molecular weight is 1000 g/mol. The first-order valence-electron chi connectivity index (χ1n) is 24.8. The fraction of sp³-hybridized carbons (Fsp3) is 0.0690. The molecule has 0 atom stereocenters. The maximum atomic E-state index is 11.5. The molecule has 0 saturated carbocycles. The minimum Gasteiger partial charge on any atom is -0.507 e. The fourth-order valence-corrected chi connectivity index (χ4v) is 8.11. The SMILES string of the molecule is [2H]C([2H])([2H])C(c1ccc(-n2c(-c3ccccc3O)nc3c(-c4[c-]c(-c5cc(-c6ccc(-c7ccccc7)cc6)ccn5)cc(-c5ccccc5)c4)cccc32)c(-c2ccccc2)c1)(C([2H])([2H])[2H])C([2H])([2H])[2H].[Pt]. The zero-order valence-electron chi connectivity index (χ0n) is 42.7. The molecule has 2 aromatic heterocycles. The standard InChI is InChI=1S/C58H44N3O.Pt/c1-58(2,3)48-30-31-53(51(38-48)43-20-11-6-12-21-43)61-54-24-15-23-49(56(54)60-57(61)50-22-13-14-25-55(50)62)46-34-45(40-18-9-5-10-19-40)35-47(36-46)52-37-44(32-33-59-52)42-28-26-41(27-29-42)39-16-7-4-8-17-39;/h4-35,37-38,62H,1-3H3;/q-1;/i1D3,2D3,3D3;. The van der Waals surface area contributed by atoms with Gasteiger partial charge in [0.15, 0.2) is 0 Å². The van der Waals surface area contributed by atoms with Gasteiger partial charge in [-0.2, -0.15) is 0 Å². The quantitative estimate of drug-likeness (QED) is 0.154. The number of aromatic hydroxyl groups is 1. The largest absolute Gasteiger partial charge is 0.507 e. The van der Waals surface area contributed by atoms with E-state index in [0.29, 0.717) is 56.1 Å². The Morgan fingerprint density at radius 3 is 1.78 bits per heavy atom. The number of aromatic nitrogens is 3. The first kappa shape index (κ1) is 31.7. The third-order valence-corrected chi connectivity index (χ3v) is 11.2. The molecular formula is C58H44N3OPt-. The van der Waals surface area contributed by atoms with Crippen LogP contribution in [0.5, 0.6) is 5.75 Å². The van der Waals surface area contributed by atoms with E-state index in [4.69, 9.17) is 22.3 Å². The molecule has 0 fully saturated rings. The Balaban J connectivity index is 0.00000640. The fourth-order valence-electron chi connectivity index (χ4n) is 8.11. The van der Waals surface area contributed by atoms with Crippen LogP contribution in [0.1, 0.15) is 38.5 Å². The number of nitrogens with zero attached hydrogens (tertiary/aromatic N) is 3. The van der Waals surface area contributed by atoms with Crippen molar-refractivity contribution in [3.63, 3.8) is 0 Å². The summed E-state index contributed by atoms with van der Waals surface area (Å²) < 4.78 is 78.6. The predicted molar refractivity (Wildman–Crippen MR) is 256 cm³/mol. The Morgan fingerprint density at radius 2 is 1.10 bits per heavy atom. The number of phenols is 1. The minimum absolute atomic E-state index is 0. The van der Waals surface area contributed by atoms with Crippen LogP contribution in [0, 0.1) is 6.07 Å². The summed E-state index contributed by atoms with van der Waals surface area (Å²) in [5.74, 6) is 0.256. The summed E-state index contributed by atoms with van der Waals surface area (Å²) in [7, 11) is 0.